The molecule has 0 radical (unpaired) electrons. The van der Waals surface area contributed by atoms with Gasteiger partial charge in [-0.2, -0.15) is 0 Å². The van der Waals surface area contributed by atoms with Crippen molar-refractivity contribution in [2.24, 2.45) is 5.73 Å². The fourth-order valence-corrected chi connectivity index (χ4v) is 1.66. The molecule has 2 N–H and O–H groups in total. The lowest BCUT2D eigenvalue weighted by Gasteiger charge is -1.96. The average molecular weight is 225 g/mol. The first-order valence-electron chi connectivity index (χ1n) is 6.70. The van der Waals surface area contributed by atoms with Crippen LogP contribution in [-0.4, -0.2) is 5.91 Å². The summed E-state index contributed by atoms with van der Waals surface area (Å²) in [4.78, 5) is 10.5. The molecule has 0 aromatic rings. The number of amides is 1. The van der Waals surface area contributed by atoms with E-state index in [1.165, 1.54) is 38.5 Å². The lowest BCUT2D eigenvalue weighted by Crippen LogP contribution is -2.09. The minimum absolute atomic E-state index is 0.181. The summed E-state index contributed by atoms with van der Waals surface area (Å²) in [6, 6.07) is 0. The lowest BCUT2D eigenvalue weighted by molar-refractivity contribution is -0.118. The number of hydrogen-bond donors (Lipinski definition) is 1. The number of carbonyl (C=O) groups is 1. The molecule has 0 atom stereocenters. The highest BCUT2D eigenvalue weighted by Gasteiger charge is 1.92. The van der Waals surface area contributed by atoms with Crippen LogP contribution in [0.3, 0.4) is 0 Å². The molecule has 1 amide bonds. The van der Waals surface area contributed by atoms with Gasteiger partial charge in [-0.3, -0.25) is 4.79 Å². The zero-order valence-electron chi connectivity index (χ0n) is 10.7. The summed E-state index contributed by atoms with van der Waals surface area (Å²) in [6.07, 6.45) is 16.1. The SMILES string of the molecule is CCCCCCCC=CCCCCC(N)=O. The summed E-state index contributed by atoms with van der Waals surface area (Å²) >= 11 is 0. The Balaban J connectivity index is 3.07. The van der Waals surface area contributed by atoms with Crippen LogP contribution in [0.25, 0.3) is 0 Å². The molecule has 0 spiro atoms. The average Bonchev–Trinajstić information content (AvgIpc) is 2.25. The van der Waals surface area contributed by atoms with E-state index in [1.807, 2.05) is 0 Å². The maximum absolute atomic E-state index is 10.5. The number of allylic oxidation sites excluding steroid dienone is 2. The van der Waals surface area contributed by atoms with Gasteiger partial charge in [0.05, 0.1) is 0 Å². The van der Waals surface area contributed by atoms with Crippen LogP contribution in [-0.2, 0) is 4.79 Å². The maximum atomic E-state index is 10.5. The summed E-state index contributed by atoms with van der Waals surface area (Å²) in [5.41, 5.74) is 5.06. The van der Waals surface area contributed by atoms with Crippen molar-refractivity contribution >= 4 is 5.91 Å². The Morgan fingerprint density at radius 1 is 0.938 bits per heavy atom. The first kappa shape index (κ1) is 15.2. The Kier molecular flexibility index (Phi) is 11.7. The van der Waals surface area contributed by atoms with Crippen molar-refractivity contribution in [2.75, 3.05) is 0 Å². The molecule has 16 heavy (non-hydrogen) atoms. The highest BCUT2D eigenvalue weighted by Crippen LogP contribution is 2.06. The Labute approximate surface area is 100 Å². The summed E-state index contributed by atoms with van der Waals surface area (Å²) in [6.45, 7) is 2.24. The zero-order valence-corrected chi connectivity index (χ0v) is 10.7. The van der Waals surface area contributed by atoms with Gasteiger partial charge in [-0.25, -0.2) is 0 Å². The van der Waals surface area contributed by atoms with Crippen molar-refractivity contribution in [3.05, 3.63) is 12.2 Å². The largest absolute Gasteiger partial charge is 0.370 e. The van der Waals surface area contributed by atoms with Crippen LogP contribution in [0.2, 0.25) is 0 Å². The van der Waals surface area contributed by atoms with E-state index < -0.39 is 0 Å². The number of carbonyl (C=O) groups excluding carboxylic acids is 1. The molecule has 0 heterocycles. The second kappa shape index (κ2) is 12.3. The third-order valence-corrected chi connectivity index (χ3v) is 2.68. The van der Waals surface area contributed by atoms with Crippen molar-refractivity contribution < 1.29 is 4.79 Å². The standard InChI is InChI=1S/C14H27NO/c1-2-3-4-5-6-7-8-9-10-11-12-13-14(15)16/h8-9H,2-7,10-13H2,1H3,(H2,15,16). The monoisotopic (exact) mass is 225 g/mol. The van der Waals surface area contributed by atoms with E-state index >= 15 is 0 Å². The molecule has 0 saturated heterocycles. The van der Waals surface area contributed by atoms with Crippen LogP contribution in [0.1, 0.15) is 71.1 Å². The van der Waals surface area contributed by atoms with E-state index in [0.717, 1.165) is 19.3 Å². The number of primary amides is 1. The Bertz CT molecular complexity index is 187. The number of nitrogens with two attached hydrogens (primary N) is 1. The van der Waals surface area contributed by atoms with Gasteiger partial charge in [0.2, 0.25) is 5.91 Å². The molecule has 94 valence electrons. The second-order valence-corrected chi connectivity index (χ2v) is 4.39. The second-order valence-electron chi connectivity index (χ2n) is 4.39. The predicted octanol–water partition coefficient (Wildman–Crippen LogP) is 3.95. The van der Waals surface area contributed by atoms with Gasteiger partial charge < -0.3 is 5.73 Å². The third kappa shape index (κ3) is 13.2. The molecule has 0 aliphatic rings. The first-order valence-corrected chi connectivity index (χ1v) is 6.70. The summed E-state index contributed by atoms with van der Waals surface area (Å²) in [5, 5.41) is 0. The van der Waals surface area contributed by atoms with E-state index in [4.69, 9.17) is 5.73 Å². The summed E-state index contributed by atoms with van der Waals surface area (Å²) in [5.74, 6) is -0.181. The molecule has 0 bridgehead atoms. The van der Waals surface area contributed by atoms with E-state index in [0.29, 0.717) is 6.42 Å². The van der Waals surface area contributed by atoms with Crippen LogP contribution < -0.4 is 5.73 Å². The molecule has 0 aromatic carbocycles. The topological polar surface area (TPSA) is 43.1 Å². The highest BCUT2D eigenvalue weighted by molar-refractivity contribution is 5.73. The molecule has 0 saturated carbocycles. The lowest BCUT2D eigenvalue weighted by atomic mass is 10.1. The van der Waals surface area contributed by atoms with E-state index in [-0.39, 0.29) is 5.91 Å². The van der Waals surface area contributed by atoms with Crippen LogP contribution in [0.15, 0.2) is 12.2 Å². The quantitative estimate of drug-likeness (QED) is 0.420. The summed E-state index contributed by atoms with van der Waals surface area (Å²) in [7, 11) is 0. The molecule has 2 nitrogen and oxygen atoms in total. The van der Waals surface area contributed by atoms with Crippen LogP contribution >= 0.6 is 0 Å². The van der Waals surface area contributed by atoms with Gasteiger partial charge in [0.1, 0.15) is 0 Å². The van der Waals surface area contributed by atoms with Gasteiger partial charge in [0.15, 0.2) is 0 Å². The smallest absolute Gasteiger partial charge is 0.217 e. The van der Waals surface area contributed by atoms with Crippen molar-refractivity contribution in [1.29, 1.82) is 0 Å². The molecule has 0 unspecified atom stereocenters. The van der Waals surface area contributed by atoms with Crippen molar-refractivity contribution in [1.82, 2.24) is 0 Å². The van der Waals surface area contributed by atoms with Gasteiger partial charge >= 0.3 is 0 Å². The minimum Gasteiger partial charge on any atom is -0.370 e. The zero-order chi connectivity index (χ0) is 12.1. The highest BCUT2D eigenvalue weighted by atomic mass is 16.1. The molecular formula is C14H27NO. The van der Waals surface area contributed by atoms with E-state index in [9.17, 15) is 4.79 Å². The summed E-state index contributed by atoms with van der Waals surface area (Å²) < 4.78 is 0. The van der Waals surface area contributed by atoms with E-state index in [1.54, 1.807) is 0 Å². The normalized spacial score (nSPS) is 11.1. The molecule has 2 heteroatoms. The van der Waals surface area contributed by atoms with Gasteiger partial charge in [-0.1, -0.05) is 44.8 Å². The van der Waals surface area contributed by atoms with Gasteiger partial charge in [-0.15, -0.1) is 0 Å². The van der Waals surface area contributed by atoms with Crippen LogP contribution in [0, 0.1) is 0 Å². The van der Waals surface area contributed by atoms with Crippen molar-refractivity contribution in [3.63, 3.8) is 0 Å². The molecule has 0 rings (SSSR count). The Morgan fingerprint density at radius 2 is 1.50 bits per heavy atom. The fraction of sp³-hybridized carbons (Fsp3) is 0.786. The maximum Gasteiger partial charge on any atom is 0.217 e. The molecule has 0 aliphatic carbocycles. The van der Waals surface area contributed by atoms with E-state index in [2.05, 4.69) is 19.1 Å². The molecule has 0 fully saturated rings. The number of unbranched alkanes of at least 4 members (excludes halogenated alkanes) is 7. The number of hydrogen-bond acceptors (Lipinski definition) is 1. The van der Waals surface area contributed by atoms with Crippen molar-refractivity contribution in [2.45, 2.75) is 71.1 Å². The number of rotatable bonds is 11. The molecule has 0 aromatic heterocycles. The third-order valence-electron chi connectivity index (χ3n) is 2.68. The van der Waals surface area contributed by atoms with Gasteiger partial charge in [0, 0.05) is 6.42 Å². The Morgan fingerprint density at radius 3 is 2.06 bits per heavy atom. The fourth-order valence-electron chi connectivity index (χ4n) is 1.66. The molecular weight excluding hydrogens is 198 g/mol. The first-order chi connectivity index (χ1) is 7.77. The van der Waals surface area contributed by atoms with Crippen LogP contribution in [0.4, 0.5) is 0 Å². The molecule has 0 aliphatic heterocycles. The van der Waals surface area contributed by atoms with Crippen molar-refractivity contribution in [3.8, 4) is 0 Å². The van der Waals surface area contributed by atoms with Gasteiger partial charge in [-0.05, 0) is 32.1 Å². The Hall–Kier alpha value is -0.790. The predicted molar refractivity (Wildman–Crippen MR) is 70.2 cm³/mol. The van der Waals surface area contributed by atoms with Gasteiger partial charge in [0.25, 0.3) is 0 Å². The minimum atomic E-state index is -0.181. The van der Waals surface area contributed by atoms with Crippen LogP contribution in [0.5, 0.6) is 0 Å².